The Bertz CT molecular complexity index is 1090. The second kappa shape index (κ2) is 11.0. The van der Waals surface area contributed by atoms with Gasteiger partial charge in [-0.2, -0.15) is 0 Å². The van der Waals surface area contributed by atoms with E-state index in [1.54, 1.807) is 47.6 Å². The number of carbonyl (C=O) groups excluding carboxylic acids is 2. The van der Waals surface area contributed by atoms with Gasteiger partial charge in [0.25, 0.3) is 11.8 Å². The van der Waals surface area contributed by atoms with E-state index in [1.165, 1.54) is 12.0 Å². The summed E-state index contributed by atoms with van der Waals surface area (Å²) in [6.07, 6.45) is 11.1. The maximum Gasteiger partial charge on any atom is 0.259 e. The summed E-state index contributed by atoms with van der Waals surface area (Å²) in [5.74, 6) is -0.156. The van der Waals surface area contributed by atoms with E-state index in [-0.39, 0.29) is 36.3 Å². The molecule has 8 nitrogen and oxygen atoms in total. The summed E-state index contributed by atoms with van der Waals surface area (Å²) in [7, 11) is 1.74. The van der Waals surface area contributed by atoms with Gasteiger partial charge in [-0.1, -0.05) is 13.0 Å². The van der Waals surface area contributed by atoms with E-state index in [4.69, 9.17) is 4.74 Å². The first-order valence-corrected chi connectivity index (χ1v) is 12.3. The molecule has 0 saturated heterocycles. The fourth-order valence-electron chi connectivity index (χ4n) is 4.66. The van der Waals surface area contributed by atoms with Crippen LogP contribution in [0.15, 0.2) is 42.9 Å². The van der Waals surface area contributed by atoms with Gasteiger partial charge in [0.15, 0.2) is 0 Å². The van der Waals surface area contributed by atoms with Gasteiger partial charge in [-0.25, -0.2) is 4.98 Å². The number of aliphatic hydroxyl groups excluding tert-OH is 1. The zero-order valence-electron chi connectivity index (χ0n) is 20.7. The van der Waals surface area contributed by atoms with E-state index < -0.39 is 6.10 Å². The number of amides is 2. The number of rotatable bonds is 6. The molecule has 8 heteroatoms. The van der Waals surface area contributed by atoms with Gasteiger partial charge in [0.05, 0.1) is 19.2 Å². The average Bonchev–Trinajstić information content (AvgIpc) is 2.90. The van der Waals surface area contributed by atoms with Crippen molar-refractivity contribution in [3.05, 3.63) is 59.6 Å². The molecular formula is C27H34N4O4. The largest absolute Gasteiger partial charge is 0.472 e. The van der Waals surface area contributed by atoms with Crippen molar-refractivity contribution in [2.45, 2.75) is 51.7 Å². The molecule has 35 heavy (non-hydrogen) atoms. The van der Waals surface area contributed by atoms with Crippen LogP contribution in [0.25, 0.3) is 5.57 Å². The number of hydrogen-bond donors (Lipinski definition) is 1. The smallest absolute Gasteiger partial charge is 0.259 e. The molecule has 0 radical (unpaired) electrons. The van der Waals surface area contributed by atoms with Gasteiger partial charge in [0.1, 0.15) is 11.7 Å². The minimum Gasteiger partial charge on any atom is -0.472 e. The highest BCUT2D eigenvalue weighted by Gasteiger charge is 2.35. The number of fused-ring (bicyclic) bond motifs is 1. The first kappa shape index (κ1) is 24.9. The Morgan fingerprint density at radius 2 is 2.09 bits per heavy atom. The molecular weight excluding hydrogens is 444 g/mol. The van der Waals surface area contributed by atoms with Crippen molar-refractivity contribution < 1.29 is 19.4 Å². The van der Waals surface area contributed by atoms with Crippen LogP contribution in [-0.2, 0) is 0 Å². The van der Waals surface area contributed by atoms with Crippen LogP contribution in [0, 0.1) is 5.92 Å². The standard InChI is InChI=1S/C27H34N4O4/c1-18-15-31(19(2)17-32)27(34)23-13-22(20-7-5-4-6-8-20)14-29-25(23)35-24(18)16-30(3)26(33)21-9-11-28-12-10-21/h7,9-14,18-19,24,32H,4-6,8,15-17H2,1-3H3/t18-,19-,24+/m1/s1. The van der Waals surface area contributed by atoms with Crippen molar-refractivity contribution in [2.75, 3.05) is 26.7 Å². The molecule has 4 rings (SSSR count). The number of carbonyl (C=O) groups is 2. The highest BCUT2D eigenvalue weighted by atomic mass is 16.5. The third kappa shape index (κ3) is 5.53. The van der Waals surface area contributed by atoms with E-state index in [0.717, 1.165) is 24.8 Å². The van der Waals surface area contributed by atoms with Crippen molar-refractivity contribution in [3.63, 3.8) is 0 Å². The Labute approximate surface area is 206 Å². The first-order valence-electron chi connectivity index (χ1n) is 12.3. The number of nitrogens with zero attached hydrogens (tertiary/aromatic N) is 4. The van der Waals surface area contributed by atoms with Crippen molar-refractivity contribution in [2.24, 2.45) is 5.92 Å². The van der Waals surface area contributed by atoms with E-state index >= 15 is 0 Å². The van der Waals surface area contributed by atoms with Crippen LogP contribution in [0.3, 0.4) is 0 Å². The molecule has 0 saturated carbocycles. The number of pyridine rings is 2. The van der Waals surface area contributed by atoms with Gasteiger partial charge in [-0.15, -0.1) is 0 Å². The van der Waals surface area contributed by atoms with Crippen molar-refractivity contribution in [3.8, 4) is 5.88 Å². The van der Waals surface area contributed by atoms with Crippen LogP contribution < -0.4 is 4.74 Å². The molecule has 0 aromatic carbocycles. The quantitative estimate of drug-likeness (QED) is 0.684. The highest BCUT2D eigenvalue weighted by Crippen LogP contribution is 2.32. The van der Waals surface area contributed by atoms with Gasteiger partial charge < -0.3 is 19.6 Å². The zero-order chi connectivity index (χ0) is 24.9. The van der Waals surface area contributed by atoms with Gasteiger partial charge in [-0.3, -0.25) is 14.6 Å². The summed E-state index contributed by atoms with van der Waals surface area (Å²) in [4.78, 5) is 38.4. The van der Waals surface area contributed by atoms with E-state index in [0.29, 0.717) is 24.2 Å². The molecule has 2 aromatic heterocycles. The SMILES string of the molecule is C[C@@H]1CN([C@H](C)CO)C(=O)c2cc(C3=CCCCC3)cnc2O[C@H]1CN(C)C(=O)c1ccncc1. The van der Waals surface area contributed by atoms with E-state index in [1.807, 2.05) is 19.9 Å². The maximum absolute atomic E-state index is 13.6. The maximum atomic E-state index is 13.6. The van der Waals surface area contributed by atoms with Crippen LogP contribution in [0.4, 0.5) is 0 Å². The van der Waals surface area contributed by atoms with Crippen LogP contribution >= 0.6 is 0 Å². The van der Waals surface area contributed by atoms with Gasteiger partial charge in [0, 0.05) is 43.7 Å². The number of hydrogen-bond acceptors (Lipinski definition) is 6. The van der Waals surface area contributed by atoms with Gasteiger partial charge >= 0.3 is 0 Å². The third-order valence-corrected chi connectivity index (χ3v) is 6.91. The first-order chi connectivity index (χ1) is 16.9. The molecule has 2 aromatic rings. The van der Waals surface area contributed by atoms with Crippen molar-refractivity contribution in [1.29, 1.82) is 0 Å². The summed E-state index contributed by atoms with van der Waals surface area (Å²) in [6, 6.07) is 4.88. The minimum atomic E-state index is -0.390. The molecule has 0 fully saturated rings. The van der Waals surface area contributed by atoms with Crippen LogP contribution in [-0.4, -0.2) is 75.6 Å². The Kier molecular flexibility index (Phi) is 7.80. The summed E-state index contributed by atoms with van der Waals surface area (Å²) in [6.45, 7) is 4.41. The molecule has 186 valence electrons. The van der Waals surface area contributed by atoms with E-state index in [9.17, 15) is 14.7 Å². The molecule has 1 aliphatic heterocycles. The fraction of sp³-hybridized carbons (Fsp3) is 0.481. The molecule has 3 atom stereocenters. The minimum absolute atomic E-state index is 0.101. The molecule has 1 aliphatic carbocycles. The zero-order valence-corrected chi connectivity index (χ0v) is 20.7. The Hall–Kier alpha value is -3.26. The molecule has 1 N–H and O–H groups in total. The number of allylic oxidation sites excluding steroid dienone is 2. The molecule has 0 unspecified atom stereocenters. The summed E-state index contributed by atoms with van der Waals surface area (Å²) in [5, 5.41) is 9.86. The van der Waals surface area contributed by atoms with Crippen LogP contribution in [0.1, 0.15) is 65.8 Å². The number of aliphatic hydroxyl groups is 1. The van der Waals surface area contributed by atoms with Crippen LogP contribution in [0.2, 0.25) is 0 Å². The number of aromatic nitrogens is 2. The molecule has 2 amide bonds. The molecule has 0 bridgehead atoms. The number of likely N-dealkylation sites (N-methyl/N-ethyl adjacent to an activating group) is 1. The van der Waals surface area contributed by atoms with Gasteiger partial charge in [-0.05, 0) is 61.9 Å². The summed E-state index contributed by atoms with van der Waals surface area (Å²) >= 11 is 0. The Morgan fingerprint density at radius 3 is 2.77 bits per heavy atom. The van der Waals surface area contributed by atoms with Crippen LogP contribution in [0.5, 0.6) is 5.88 Å². The lowest BCUT2D eigenvalue weighted by Gasteiger charge is -2.37. The normalized spacial score (nSPS) is 21.2. The second-order valence-electron chi connectivity index (χ2n) is 9.60. The Morgan fingerprint density at radius 1 is 1.31 bits per heavy atom. The van der Waals surface area contributed by atoms with Crippen molar-refractivity contribution >= 4 is 17.4 Å². The topological polar surface area (TPSA) is 95.9 Å². The second-order valence-corrected chi connectivity index (χ2v) is 9.60. The third-order valence-electron chi connectivity index (χ3n) is 6.91. The molecule has 0 spiro atoms. The lowest BCUT2D eigenvalue weighted by atomic mass is 9.93. The van der Waals surface area contributed by atoms with Gasteiger partial charge in [0.2, 0.25) is 5.88 Å². The lowest BCUT2D eigenvalue weighted by Crippen LogP contribution is -2.50. The Balaban J connectivity index is 1.66. The predicted octanol–water partition coefficient (Wildman–Crippen LogP) is 3.43. The number of ether oxygens (including phenoxy) is 1. The fourth-order valence-corrected chi connectivity index (χ4v) is 4.66. The lowest BCUT2D eigenvalue weighted by molar-refractivity contribution is 0.0313. The predicted molar refractivity (Wildman–Crippen MR) is 133 cm³/mol. The molecule has 2 aliphatic rings. The average molecular weight is 479 g/mol. The highest BCUT2D eigenvalue weighted by molar-refractivity contribution is 5.97. The van der Waals surface area contributed by atoms with E-state index in [2.05, 4.69) is 16.0 Å². The summed E-state index contributed by atoms with van der Waals surface area (Å²) < 4.78 is 6.33. The monoisotopic (exact) mass is 478 g/mol. The molecule has 3 heterocycles. The van der Waals surface area contributed by atoms with Crippen molar-refractivity contribution in [1.82, 2.24) is 19.8 Å². The summed E-state index contributed by atoms with van der Waals surface area (Å²) in [5.41, 5.74) is 3.09.